The number of benzene rings is 1. The molecule has 1 fully saturated rings. The van der Waals surface area contributed by atoms with Crippen molar-refractivity contribution in [1.82, 2.24) is 20.4 Å². The number of thiophene rings is 1. The molecule has 2 N–H and O–H groups in total. The van der Waals surface area contributed by atoms with Crippen LogP contribution in [0.5, 0.6) is 0 Å². The van der Waals surface area contributed by atoms with E-state index >= 15 is 0 Å². The zero-order chi connectivity index (χ0) is 18.6. The molecular weight excluding hydrogens is 360 g/mol. The third-order valence-corrected chi connectivity index (χ3v) is 5.27. The molecule has 1 aromatic carbocycles. The van der Waals surface area contributed by atoms with Crippen LogP contribution >= 0.6 is 11.3 Å². The van der Waals surface area contributed by atoms with Crippen molar-refractivity contribution >= 4 is 23.2 Å². The van der Waals surface area contributed by atoms with Gasteiger partial charge in [-0.15, -0.1) is 11.3 Å². The van der Waals surface area contributed by atoms with Crippen molar-refractivity contribution in [2.45, 2.75) is 12.8 Å². The van der Waals surface area contributed by atoms with Crippen molar-refractivity contribution < 1.29 is 9.59 Å². The van der Waals surface area contributed by atoms with Crippen LogP contribution in [-0.4, -0.2) is 34.7 Å². The van der Waals surface area contributed by atoms with E-state index in [1.807, 2.05) is 47.8 Å². The number of amides is 2. The lowest BCUT2D eigenvalue weighted by atomic mass is 10.2. The van der Waals surface area contributed by atoms with E-state index < -0.39 is 0 Å². The van der Waals surface area contributed by atoms with E-state index in [1.165, 1.54) is 0 Å². The molecule has 2 heterocycles. The molecule has 2 amide bonds. The second-order valence-electron chi connectivity index (χ2n) is 6.47. The lowest BCUT2D eigenvalue weighted by molar-refractivity contribution is -0.122. The molecule has 138 valence electrons. The van der Waals surface area contributed by atoms with Gasteiger partial charge in [0.15, 0.2) is 0 Å². The molecule has 0 saturated heterocycles. The van der Waals surface area contributed by atoms with E-state index in [1.54, 1.807) is 22.2 Å². The van der Waals surface area contributed by atoms with Gasteiger partial charge in [0.2, 0.25) is 5.91 Å². The maximum Gasteiger partial charge on any atom is 0.255 e. The van der Waals surface area contributed by atoms with Crippen molar-refractivity contribution in [3.8, 4) is 16.3 Å². The molecule has 27 heavy (non-hydrogen) atoms. The highest BCUT2D eigenvalue weighted by Crippen LogP contribution is 2.29. The summed E-state index contributed by atoms with van der Waals surface area (Å²) in [4.78, 5) is 25.3. The van der Waals surface area contributed by atoms with Crippen molar-refractivity contribution in [3.05, 3.63) is 59.6 Å². The summed E-state index contributed by atoms with van der Waals surface area (Å²) in [5, 5.41) is 12.3. The standard InChI is InChI=1S/C20H20N4O2S/c25-19(14-8-9-14)21-10-11-22-20(26)16-13-24(15-5-2-1-3-6-15)23-18(16)17-7-4-12-27-17/h1-7,12-14H,8-11H2,(H,21,25)(H,22,26). The summed E-state index contributed by atoms with van der Waals surface area (Å²) in [5.41, 5.74) is 2.08. The summed E-state index contributed by atoms with van der Waals surface area (Å²) in [6.07, 6.45) is 3.70. The Morgan fingerprint density at radius 3 is 2.56 bits per heavy atom. The number of rotatable bonds is 7. The molecule has 0 bridgehead atoms. The van der Waals surface area contributed by atoms with Crippen molar-refractivity contribution in [2.24, 2.45) is 5.92 Å². The van der Waals surface area contributed by atoms with Gasteiger partial charge in [0.1, 0.15) is 5.69 Å². The fraction of sp³-hybridized carbons (Fsp3) is 0.250. The van der Waals surface area contributed by atoms with Gasteiger partial charge >= 0.3 is 0 Å². The number of nitrogens with zero attached hydrogens (tertiary/aromatic N) is 2. The van der Waals surface area contributed by atoms with Crippen LogP contribution in [-0.2, 0) is 4.79 Å². The first-order chi connectivity index (χ1) is 13.2. The fourth-order valence-corrected chi connectivity index (χ4v) is 3.52. The molecule has 7 heteroatoms. The molecule has 0 spiro atoms. The van der Waals surface area contributed by atoms with Crippen LogP contribution in [0.4, 0.5) is 0 Å². The van der Waals surface area contributed by atoms with Gasteiger partial charge in [-0.1, -0.05) is 24.3 Å². The Balaban J connectivity index is 1.49. The highest BCUT2D eigenvalue weighted by molar-refractivity contribution is 7.13. The van der Waals surface area contributed by atoms with Crippen LogP contribution in [0.1, 0.15) is 23.2 Å². The van der Waals surface area contributed by atoms with Crippen molar-refractivity contribution in [2.75, 3.05) is 13.1 Å². The van der Waals surface area contributed by atoms with Gasteiger partial charge in [-0.3, -0.25) is 9.59 Å². The first-order valence-corrected chi connectivity index (χ1v) is 9.85. The van der Waals surface area contributed by atoms with Gasteiger partial charge in [-0.2, -0.15) is 5.10 Å². The first kappa shape index (κ1) is 17.5. The molecule has 0 aliphatic heterocycles. The first-order valence-electron chi connectivity index (χ1n) is 8.97. The third-order valence-electron chi connectivity index (χ3n) is 4.39. The van der Waals surface area contributed by atoms with Crippen LogP contribution in [0.2, 0.25) is 0 Å². The Morgan fingerprint density at radius 2 is 1.85 bits per heavy atom. The van der Waals surface area contributed by atoms with Crippen molar-refractivity contribution in [3.63, 3.8) is 0 Å². The van der Waals surface area contributed by atoms with Gasteiger partial charge in [0.05, 0.1) is 16.1 Å². The number of carbonyl (C=O) groups excluding carboxylic acids is 2. The van der Waals surface area contributed by atoms with E-state index in [9.17, 15) is 9.59 Å². The van der Waals surface area contributed by atoms with Crippen LogP contribution in [0.3, 0.4) is 0 Å². The second kappa shape index (κ2) is 7.75. The summed E-state index contributed by atoms with van der Waals surface area (Å²) >= 11 is 1.55. The number of aromatic nitrogens is 2. The van der Waals surface area contributed by atoms with Gasteiger partial charge in [0.25, 0.3) is 5.91 Å². The van der Waals surface area contributed by atoms with E-state index in [4.69, 9.17) is 0 Å². The summed E-state index contributed by atoms with van der Waals surface area (Å²) in [7, 11) is 0. The average molecular weight is 380 g/mol. The highest BCUT2D eigenvalue weighted by atomic mass is 32.1. The molecule has 3 aromatic rings. The van der Waals surface area contributed by atoms with E-state index in [0.717, 1.165) is 23.4 Å². The molecule has 0 atom stereocenters. The van der Waals surface area contributed by atoms with E-state index in [-0.39, 0.29) is 17.7 Å². The fourth-order valence-electron chi connectivity index (χ4n) is 2.80. The average Bonchev–Trinajstić information content (AvgIpc) is 3.23. The van der Waals surface area contributed by atoms with Crippen LogP contribution in [0.15, 0.2) is 54.0 Å². The monoisotopic (exact) mass is 380 g/mol. The van der Waals surface area contributed by atoms with Gasteiger partial charge in [0, 0.05) is 25.2 Å². The quantitative estimate of drug-likeness (QED) is 0.619. The zero-order valence-electron chi connectivity index (χ0n) is 14.7. The Morgan fingerprint density at radius 1 is 1.07 bits per heavy atom. The third kappa shape index (κ3) is 4.09. The Hall–Kier alpha value is -2.93. The maximum atomic E-state index is 12.7. The molecular formula is C20H20N4O2S. The molecule has 6 nitrogen and oxygen atoms in total. The highest BCUT2D eigenvalue weighted by Gasteiger charge is 2.29. The summed E-state index contributed by atoms with van der Waals surface area (Å²) < 4.78 is 1.72. The van der Waals surface area contributed by atoms with E-state index in [0.29, 0.717) is 24.3 Å². The Kier molecular flexibility index (Phi) is 5.02. The Bertz CT molecular complexity index is 930. The normalized spacial score (nSPS) is 13.3. The summed E-state index contributed by atoms with van der Waals surface area (Å²) in [6.45, 7) is 0.819. The number of para-hydroxylation sites is 1. The van der Waals surface area contributed by atoms with Gasteiger partial charge < -0.3 is 10.6 Å². The minimum Gasteiger partial charge on any atom is -0.354 e. The summed E-state index contributed by atoms with van der Waals surface area (Å²) in [5.74, 6) is 0.0666. The smallest absolute Gasteiger partial charge is 0.255 e. The van der Waals surface area contributed by atoms with Gasteiger partial charge in [-0.25, -0.2) is 4.68 Å². The Labute approximate surface area is 161 Å². The zero-order valence-corrected chi connectivity index (χ0v) is 15.5. The topological polar surface area (TPSA) is 76.0 Å². The second-order valence-corrected chi connectivity index (χ2v) is 7.42. The molecule has 4 rings (SSSR count). The molecule has 0 radical (unpaired) electrons. The number of hydrogen-bond acceptors (Lipinski definition) is 4. The number of hydrogen-bond donors (Lipinski definition) is 2. The molecule has 0 unspecified atom stereocenters. The van der Waals surface area contributed by atoms with Gasteiger partial charge in [-0.05, 0) is 36.4 Å². The lowest BCUT2D eigenvalue weighted by Crippen LogP contribution is -2.35. The van der Waals surface area contributed by atoms with Crippen LogP contribution in [0.25, 0.3) is 16.3 Å². The maximum absolute atomic E-state index is 12.7. The molecule has 1 aliphatic rings. The molecule has 2 aromatic heterocycles. The minimum absolute atomic E-state index is 0.0837. The summed E-state index contributed by atoms with van der Waals surface area (Å²) in [6, 6.07) is 13.6. The molecule has 1 aliphatic carbocycles. The van der Waals surface area contributed by atoms with Crippen molar-refractivity contribution in [1.29, 1.82) is 0 Å². The predicted octanol–water partition coefficient (Wildman–Crippen LogP) is 2.86. The number of nitrogens with one attached hydrogen (secondary N) is 2. The SMILES string of the molecule is O=C(NCCNC(=O)C1CC1)c1cn(-c2ccccc2)nc1-c1cccs1. The lowest BCUT2D eigenvalue weighted by Gasteiger charge is -2.06. The molecule has 1 saturated carbocycles. The van der Waals surface area contributed by atoms with Crippen LogP contribution < -0.4 is 10.6 Å². The van der Waals surface area contributed by atoms with Crippen LogP contribution in [0, 0.1) is 5.92 Å². The number of carbonyl (C=O) groups is 2. The largest absolute Gasteiger partial charge is 0.354 e. The van der Waals surface area contributed by atoms with E-state index in [2.05, 4.69) is 15.7 Å². The predicted molar refractivity (Wildman–Crippen MR) is 105 cm³/mol. The minimum atomic E-state index is -0.193.